The molecule has 0 spiro atoms. The fourth-order valence-corrected chi connectivity index (χ4v) is 3.68. The molecule has 2 aromatic heterocycles. The van der Waals surface area contributed by atoms with E-state index in [0.29, 0.717) is 17.6 Å². The minimum absolute atomic E-state index is 0.255. The van der Waals surface area contributed by atoms with Crippen LogP contribution in [0.2, 0.25) is 0 Å². The molecule has 1 saturated heterocycles. The molecule has 3 rings (SSSR count). The second-order valence-electron chi connectivity index (χ2n) is 6.26. The van der Waals surface area contributed by atoms with Crippen molar-refractivity contribution in [3.05, 3.63) is 12.7 Å². The second kappa shape index (κ2) is 5.90. The van der Waals surface area contributed by atoms with E-state index >= 15 is 0 Å². The Morgan fingerprint density at radius 3 is 2.78 bits per heavy atom. The molecule has 1 aliphatic rings. The van der Waals surface area contributed by atoms with Gasteiger partial charge in [0.15, 0.2) is 17.2 Å². The van der Waals surface area contributed by atoms with E-state index < -0.39 is 23.2 Å². The van der Waals surface area contributed by atoms with Crippen LogP contribution in [-0.2, 0) is 10.5 Å². The van der Waals surface area contributed by atoms with Crippen LogP contribution in [0.3, 0.4) is 0 Å². The number of rotatable bonds is 4. The highest BCUT2D eigenvalue weighted by Crippen LogP contribution is 2.44. The Hall–Kier alpha value is -1.42. The molecule has 0 unspecified atom stereocenters. The summed E-state index contributed by atoms with van der Waals surface area (Å²) in [7, 11) is 0. The maximum absolute atomic E-state index is 10.4. The van der Waals surface area contributed by atoms with Gasteiger partial charge < -0.3 is 20.7 Å². The largest absolute Gasteiger partial charge is 0.394 e. The van der Waals surface area contributed by atoms with Crippen molar-refractivity contribution in [2.24, 2.45) is 5.92 Å². The van der Waals surface area contributed by atoms with Gasteiger partial charge in [-0.1, -0.05) is 13.8 Å². The lowest BCUT2D eigenvalue weighted by molar-refractivity contribution is -0.123. The molecule has 1 aliphatic heterocycles. The van der Waals surface area contributed by atoms with Crippen LogP contribution in [0.1, 0.15) is 20.3 Å². The number of aromatic nitrogens is 4. The molecule has 8 nitrogen and oxygen atoms in total. The van der Waals surface area contributed by atoms with Gasteiger partial charge in [0.05, 0.1) is 24.3 Å². The molecule has 0 aromatic carbocycles. The van der Waals surface area contributed by atoms with E-state index in [1.165, 1.54) is 6.33 Å². The number of hydrogen-bond acceptors (Lipinski definition) is 8. The maximum atomic E-state index is 10.4. The molecule has 1 fully saturated rings. The van der Waals surface area contributed by atoms with Gasteiger partial charge in [-0.15, -0.1) is 0 Å². The summed E-state index contributed by atoms with van der Waals surface area (Å²) in [6.07, 6.45) is 1.89. The number of fused-ring (bicyclic) bond motifs is 1. The van der Waals surface area contributed by atoms with Crippen LogP contribution < -0.4 is 5.73 Å². The van der Waals surface area contributed by atoms with Crippen LogP contribution in [0.15, 0.2) is 12.7 Å². The lowest BCUT2D eigenvalue weighted by Crippen LogP contribution is -2.43. The van der Waals surface area contributed by atoms with Gasteiger partial charge in [-0.2, -0.15) is 12.6 Å². The Morgan fingerprint density at radius 1 is 1.43 bits per heavy atom. The summed E-state index contributed by atoms with van der Waals surface area (Å²) in [5, 5.41) is 19.3. The van der Waals surface area contributed by atoms with Gasteiger partial charge in [0, 0.05) is 0 Å². The van der Waals surface area contributed by atoms with Crippen LogP contribution in [0.25, 0.3) is 11.2 Å². The van der Waals surface area contributed by atoms with Gasteiger partial charge in [0.1, 0.15) is 17.9 Å². The molecule has 0 aliphatic carbocycles. The minimum Gasteiger partial charge on any atom is -0.394 e. The Balaban J connectivity index is 2.18. The molecule has 4 N–H and O–H groups in total. The number of ether oxygens (including phenoxy) is 1. The standard InChI is InChI=1S/C14H21N5O3S/c1-7(2)3-14(11(23)10(21)8(4-20)22-14)19-6-18-9-12(15)16-5-17-13(9)19/h5-8,10-11,20-21,23H,3-4H2,1-2H3,(H2,15,16,17)/t8-,10-,11-,14-/m1/s1. The Morgan fingerprint density at radius 2 is 2.17 bits per heavy atom. The van der Waals surface area contributed by atoms with Crippen molar-refractivity contribution in [1.82, 2.24) is 19.5 Å². The van der Waals surface area contributed by atoms with E-state index in [2.05, 4.69) is 27.6 Å². The number of nitrogen functional groups attached to an aromatic ring is 1. The third-order valence-electron chi connectivity index (χ3n) is 4.17. The molecule has 3 heterocycles. The van der Waals surface area contributed by atoms with Gasteiger partial charge >= 0.3 is 0 Å². The highest BCUT2D eigenvalue weighted by Gasteiger charge is 2.55. The summed E-state index contributed by atoms with van der Waals surface area (Å²) in [5.74, 6) is 0.535. The Labute approximate surface area is 139 Å². The van der Waals surface area contributed by atoms with E-state index in [1.54, 1.807) is 10.9 Å². The number of imidazole rings is 1. The van der Waals surface area contributed by atoms with Crippen molar-refractivity contribution in [3.63, 3.8) is 0 Å². The first-order chi connectivity index (χ1) is 10.9. The van der Waals surface area contributed by atoms with Crippen LogP contribution in [-0.4, -0.2) is 53.8 Å². The highest BCUT2D eigenvalue weighted by molar-refractivity contribution is 7.81. The number of hydrogen-bond donors (Lipinski definition) is 4. The number of anilines is 1. The first-order valence-corrected chi connectivity index (χ1v) is 8.01. The van der Waals surface area contributed by atoms with E-state index in [0.717, 1.165) is 0 Å². The number of nitrogens with two attached hydrogens (primary N) is 1. The third-order valence-corrected chi connectivity index (χ3v) is 4.88. The summed E-state index contributed by atoms with van der Waals surface area (Å²) in [6, 6.07) is 0. The summed E-state index contributed by atoms with van der Waals surface area (Å²) >= 11 is 4.58. The molecule has 0 amide bonds. The number of aliphatic hydroxyl groups excluding tert-OH is 2. The first kappa shape index (κ1) is 16.4. The maximum Gasteiger partial charge on any atom is 0.167 e. The third kappa shape index (κ3) is 2.47. The number of thiol groups is 1. The molecule has 0 saturated carbocycles. The molecule has 0 bridgehead atoms. The summed E-state index contributed by atoms with van der Waals surface area (Å²) in [4.78, 5) is 12.5. The minimum atomic E-state index is -0.973. The van der Waals surface area contributed by atoms with Gasteiger partial charge in [-0.3, -0.25) is 4.57 Å². The van der Waals surface area contributed by atoms with E-state index in [9.17, 15) is 10.2 Å². The zero-order chi connectivity index (χ0) is 16.8. The van der Waals surface area contributed by atoms with Crippen molar-refractivity contribution in [2.75, 3.05) is 12.3 Å². The summed E-state index contributed by atoms with van der Waals surface area (Å²) < 4.78 is 7.82. The van der Waals surface area contributed by atoms with Crippen molar-refractivity contribution in [2.45, 2.75) is 43.5 Å². The molecular formula is C14H21N5O3S. The zero-order valence-electron chi connectivity index (χ0n) is 13.0. The molecule has 4 atom stereocenters. The van der Waals surface area contributed by atoms with Gasteiger partial charge in [-0.05, 0) is 12.3 Å². The number of aliphatic hydroxyl groups is 2. The quantitative estimate of drug-likeness (QED) is 0.586. The van der Waals surface area contributed by atoms with Crippen molar-refractivity contribution in [1.29, 1.82) is 0 Å². The van der Waals surface area contributed by atoms with Crippen LogP contribution >= 0.6 is 12.6 Å². The second-order valence-corrected chi connectivity index (χ2v) is 6.82. The summed E-state index contributed by atoms with van der Waals surface area (Å²) in [5.41, 5.74) is 5.87. The van der Waals surface area contributed by atoms with Crippen molar-refractivity contribution < 1.29 is 14.9 Å². The van der Waals surface area contributed by atoms with Crippen LogP contribution in [0, 0.1) is 5.92 Å². The fraction of sp³-hybridized carbons (Fsp3) is 0.643. The number of nitrogens with zero attached hydrogens (tertiary/aromatic N) is 4. The van der Waals surface area contributed by atoms with E-state index in [1.807, 2.05) is 13.8 Å². The van der Waals surface area contributed by atoms with Gasteiger partial charge in [-0.25, -0.2) is 15.0 Å². The molecule has 9 heteroatoms. The smallest absolute Gasteiger partial charge is 0.167 e. The molecule has 2 aromatic rings. The predicted octanol–water partition coefficient (Wildman–Crippen LogP) is 0.158. The average Bonchev–Trinajstić information content (AvgIpc) is 3.04. The molecule has 23 heavy (non-hydrogen) atoms. The summed E-state index contributed by atoms with van der Waals surface area (Å²) in [6.45, 7) is 3.81. The monoisotopic (exact) mass is 339 g/mol. The van der Waals surface area contributed by atoms with Crippen LogP contribution in [0.5, 0.6) is 0 Å². The molecule has 126 valence electrons. The van der Waals surface area contributed by atoms with Gasteiger partial charge in [0.2, 0.25) is 0 Å². The van der Waals surface area contributed by atoms with E-state index in [-0.39, 0.29) is 18.3 Å². The Bertz CT molecular complexity index is 709. The predicted molar refractivity (Wildman–Crippen MR) is 87.9 cm³/mol. The van der Waals surface area contributed by atoms with E-state index in [4.69, 9.17) is 10.5 Å². The average molecular weight is 339 g/mol. The van der Waals surface area contributed by atoms with Crippen molar-refractivity contribution in [3.8, 4) is 0 Å². The zero-order valence-corrected chi connectivity index (χ0v) is 13.9. The van der Waals surface area contributed by atoms with Crippen LogP contribution in [0.4, 0.5) is 5.82 Å². The highest BCUT2D eigenvalue weighted by atomic mass is 32.1. The Kier molecular flexibility index (Phi) is 4.21. The normalized spacial score (nSPS) is 31.3. The molecular weight excluding hydrogens is 318 g/mol. The topological polar surface area (TPSA) is 119 Å². The molecule has 0 radical (unpaired) electrons. The first-order valence-electron chi connectivity index (χ1n) is 7.49. The van der Waals surface area contributed by atoms with Gasteiger partial charge in [0.25, 0.3) is 0 Å². The fourth-order valence-electron chi connectivity index (χ4n) is 3.20. The lowest BCUT2D eigenvalue weighted by Gasteiger charge is -2.35. The van der Waals surface area contributed by atoms with Crippen molar-refractivity contribution >= 4 is 29.6 Å². The lowest BCUT2D eigenvalue weighted by atomic mass is 9.95. The SMILES string of the molecule is CC(C)C[C@@]1(n2cnc3c(N)ncnc32)O[C@H](CO)[C@@H](O)[C@H]1S.